The molecule has 0 amide bonds. The summed E-state index contributed by atoms with van der Waals surface area (Å²) in [7, 11) is 0. The van der Waals surface area contributed by atoms with Gasteiger partial charge in [-0.25, -0.2) is 4.98 Å². The highest BCUT2D eigenvalue weighted by atomic mass is 16.5. The first-order valence-electron chi connectivity index (χ1n) is 6.95. The summed E-state index contributed by atoms with van der Waals surface area (Å²) < 4.78 is 5.06. The van der Waals surface area contributed by atoms with Gasteiger partial charge in [0.2, 0.25) is 0 Å². The van der Waals surface area contributed by atoms with Gasteiger partial charge in [-0.15, -0.1) is 0 Å². The van der Waals surface area contributed by atoms with Crippen molar-refractivity contribution in [2.24, 2.45) is 5.92 Å². The molecule has 1 aromatic rings. The second kappa shape index (κ2) is 6.38. The van der Waals surface area contributed by atoms with E-state index in [4.69, 9.17) is 10.00 Å². The molecule has 106 valence electrons. The van der Waals surface area contributed by atoms with Gasteiger partial charge in [-0.2, -0.15) is 5.26 Å². The number of carbonyl (C=O) groups is 1. The maximum atomic E-state index is 11.7. The van der Waals surface area contributed by atoms with Crippen molar-refractivity contribution in [2.45, 2.75) is 26.7 Å². The summed E-state index contributed by atoms with van der Waals surface area (Å²) in [5.74, 6) is 0.598. The molecule has 2 heterocycles. The number of rotatable bonds is 3. The summed E-state index contributed by atoms with van der Waals surface area (Å²) in [6, 6.07) is 5.82. The molecule has 0 radical (unpaired) electrons. The Morgan fingerprint density at radius 3 is 2.80 bits per heavy atom. The zero-order chi connectivity index (χ0) is 14.5. The Hall–Kier alpha value is -2.09. The second-order valence-electron chi connectivity index (χ2n) is 4.95. The highest BCUT2D eigenvalue weighted by Crippen LogP contribution is 2.25. The number of aromatic nitrogens is 1. The van der Waals surface area contributed by atoms with Gasteiger partial charge in [-0.3, -0.25) is 4.79 Å². The van der Waals surface area contributed by atoms with Crippen molar-refractivity contribution in [3.05, 3.63) is 23.4 Å². The van der Waals surface area contributed by atoms with Crippen molar-refractivity contribution in [1.82, 2.24) is 4.98 Å². The third-order valence-electron chi connectivity index (χ3n) is 3.55. The van der Waals surface area contributed by atoms with E-state index >= 15 is 0 Å². The lowest BCUT2D eigenvalue weighted by atomic mass is 9.96. The maximum Gasteiger partial charge on any atom is 0.309 e. The molecule has 0 atom stereocenters. The minimum atomic E-state index is -0.107. The van der Waals surface area contributed by atoms with Crippen LogP contribution in [0.3, 0.4) is 0 Å². The average molecular weight is 273 g/mol. The molecule has 0 unspecified atom stereocenters. The zero-order valence-corrected chi connectivity index (χ0v) is 11.9. The van der Waals surface area contributed by atoms with Crippen LogP contribution in [0.5, 0.6) is 0 Å². The van der Waals surface area contributed by atoms with Crippen LogP contribution in [0.15, 0.2) is 12.1 Å². The van der Waals surface area contributed by atoms with Crippen molar-refractivity contribution in [2.75, 3.05) is 24.6 Å². The fraction of sp³-hybridized carbons (Fsp3) is 0.533. The van der Waals surface area contributed by atoms with E-state index < -0.39 is 0 Å². The molecule has 0 N–H and O–H groups in total. The number of carbonyl (C=O) groups excluding carboxylic acids is 1. The number of aryl methyl sites for hydroxylation is 1. The molecular weight excluding hydrogens is 254 g/mol. The standard InChI is InChI=1S/C15H19N3O2/c1-3-20-15(19)12-6-8-18(9-7-12)14-13(10-16)5-4-11(2)17-14/h4-5,12H,3,6-9H2,1-2H3. The van der Waals surface area contributed by atoms with Crippen LogP contribution in [0.25, 0.3) is 0 Å². The average Bonchev–Trinajstić information content (AvgIpc) is 2.47. The van der Waals surface area contributed by atoms with E-state index in [9.17, 15) is 4.79 Å². The zero-order valence-electron chi connectivity index (χ0n) is 11.9. The van der Waals surface area contributed by atoms with Gasteiger partial charge in [-0.05, 0) is 38.8 Å². The van der Waals surface area contributed by atoms with Crippen molar-refractivity contribution >= 4 is 11.8 Å². The highest BCUT2D eigenvalue weighted by molar-refractivity contribution is 5.73. The Kier molecular flexibility index (Phi) is 4.57. The van der Waals surface area contributed by atoms with Crippen LogP contribution in [0.2, 0.25) is 0 Å². The first-order valence-corrected chi connectivity index (χ1v) is 6.95. The summed E-state index contributed by atoms with van der Waals surface area (Å²) in [4.78, 5) is 18.3. The Labute approximate surface area is 119 Å². The predicted octanol–water partition coefficient (Wildman–Crippen LogP) is 2.04. The van der Waals surface area contributed by atoms with Gasteiger partial charge in [0.15, 0.2) is 0 Å². The monoisotopic (exact) mass is 273 g/mol. The summed E-state index contributed by atoms with van der Waals surface area (Å²) in [6.07, 6.45) is 1.50. The van der Waals surface area contributed by atoms with Crippen LogP contribution in [0.4, 0.5) is 5.82 Å². The third-order valence-corrected chi connectivity index (χ3v) is 3.55. The van der Waals surface area contributed by atoms with Gasteiger partial charge in [0.1, 0.15) is 11.9 Å². The van der Waals surface area contributed by atoms with E-state index in [2.05, 4.69) is 16.0 Å². The smallest absolute Gasteiger partial charge is 0.309 e. The molecule has 0 bridgehead atoms. The van der Waals surface area contributed by atoms with Gasteiger partial charge >= 0.3 is 5.97 Å². The topological polar surface area (TPSA) is 66.2 Å². The van der Waals surface area contributed by atoms with Crippen LogP contribution in [-0.2, 0) is 9.53 Å². The number of ether oxygens (including phenoxy) is 1. The van der Waals surface area contributed by atoms with E-state index in [1.54, 1.807) is 6.07 Å². The van der Waals surface area contributed by atoms with Crippen LogP contribution in [-0.4, -0.2) is 30.6 Å². The Balaban J connectivity index is 2.06. The normalized spacial score (nSPS) is 15.8. The van der Waals surface area contributed by atoms with Gasteiger partial charge in [0, 0.05) is 18.8 Å². The molecule has 1 aliphatic rings. The Morgan fingerprint density at radius 1 is 1.50 bits per heavy atom. The highest BCUT2D eigenvalue weighted by Gasteiger charge is 2.27. The van der Waals surface area contributed by atoms with Crippen molar-refractivity contribution in [3.63, 3.8) is 0 Å². The molecule has 1 aliphatic heterocycles. The Bertz CT molecular complexity index is 528. The van der Waals surface area contributed by atoms with Crippen molar-refractivity contribution in [1.29, 1.82) is 5.26 Å². The minimum absolute atomic E-state index is 0.0263. The Morgan fingerprint density at radius 2 is 2.20 bits per heavy atom. The van der Waals surface area contributed by atoms with Gasteiger partial charge < -0.3 is 9.64 Å². The molecule has 0 saturated carbocycles. The SMILES string of the molecule is CCOC(=O)C1CCN(c2nc(C)ccc2C#N)CC1. The van der Waals surface area contributed by atoms with Crippen LogP contribution >= 0.6 is 0 Å². The molecule has 5 nitrogen and oxygen atoms in total. The first-order chi connectivity index (χ1) is 9.65. The number of nitriles is 1. The van der Waals surface area contributed by atoms with E-state index in [1.165, 1.54) is 0 Å². The summed E-state index contributed by atoms with van der Waals surface area (Å²) in [5.41, 5.74) is 1.48. The lowest BCUT2D eigenvalue weighted by molar-refractivity contribution is -0.148. The quantitative estimate of drug-likeness (QED) is 0.788. The van der Waals surface area contributed by atoms with Crippen molar-refractivity contribution < 1.29 is 9.53 Å². The molecule has 0 aromatic carbocycles. The molecule has 1 fully saturated rings. The molecule has 20 heavy (non-hydrogen) atoms. The fourth-order valence-electron chi connectivity index (χ4n) is 2.46. The van der Waals surface area contributed by atoms with E-state index in [0.29, 0.717) is 12.2 Å². The van der Waals surface area contributed by atoms with E-state index in [0.717, 1.165) is 37.4 Å². The number of hydrogen-bond donors (Lipinski definition) is 0. The first kappa shape index (κ1) is 14.3. The van der Waals surface area contributed by atoms with Crippen molar-refractivity contribution in [3.8, 4) is 6.07 Å². The van der Waals surface area contributed by atoms with Crippen LogP contribution in [0.1, 0.15) is 31.0 Å². The molecule has 1 saturated heterocycles. The number of pyridine rings is 1. The number of esters is 1. The number of anilines is 1. The molecule has 1 aromatic heterocycles. The number of hydrogen-bond acceptors (Lipinski definition) is 5. The summed E-state index contributed by atoms with van der Waals surface area (Å²) in [5, 5.41) is 9.16. The van der Waals surface area contributed by atoms with Gasteiger partial charge in [0.25, 0.3) is 0 Å². The fourth-order valence-corrected chi connectivity index (χ4v) is 2.46. The minimum Gasteiger partial charge on any atom is -0.466 e. The van der Waals surface area contributed by atoms with E-state index in [-0.39, 0.29) is 11.9 Å². The largest absolute Gasteiger partial charge is 0.466 e. The lowest BCUT2D eigenvalue weighted by Gasteiger charge is -2.32. The van der Waals surface area contributed by atoms with Gasteiger partial charge in [-0.1, -0.05) is 0 Å². The predicted molar refractivity (Wildman–Crippen MR) is 75.3 cm³/mol. The second-order valence-corrected chi connectivity index (χ2v) is 4.95. The summed E-state index contributed by atoms with van der Waals surface area (Å²) >= 11 is 0. The lowest BCUT2D eigenvalue weighted by Crippen LogP contribution is -2.37. The number of piperidine rings is 1. The third kappa shape index (κ3) is 3.08. The van der Waals surface area contributed by atoms with Gasteiger partial charge in [0.05, 0.1) is 18.1 Å². The molecule has 2 rings (SSSR count). The maximum absolute atomic E-state index is 11.7. The molecule has 0 aliphatic carbocycles. The summed E-state index contributed by atoms with van der Waals surface area (Å²) in [6.45, 7) is 5.62. The number of nitrogens with zero attached hydrogens (tertiary/aromatic N) is 3. The van der Waals surface area contributed by atoms with Crippen LogP contribution < -0.4 is 4.90 Å². The van der Waals surface area contributed by atoms with E-state index in [1.807, 2.05) is 19.9 Å². The molecule has 5 heteroatoms. The molecular formula is C15H19N3O2. The van der Waals surface area contributed by atoms with Crippen LogP contribution in [0, 0.1) is 24.2 Å². The molecule has 0 spiro atoms.